The van der Waals surface area contributed by atoms with Crippen LogP contribution in [0.1, 0.15) is 24.0 Å². The Morgan fingerprint density at radius 2 is 1.96 bits per heavy atom. The molecule has 3 rings (SSSR count). The minimum Gasteiger partial charge on any atom is -0.339 e. The van der Waals surface area contributed by atoms with E-state index in [0.717, 1.165) is 31.5 Å². The van der Waals surface area contributed by atoms with Gasteiger partial charge in [0.15, 0.2) is 0 Å². The number of halogens is 1. The number of aromatic nitrogens is 2. The second-order valence-corrected chi connectivity index (χ2v) is 6.38. The van der Waals surface area contributed by atoms with Gasteiger partial charge in [-0.05, 0) is 44.5 Å². The topological polar surface area (TPSA) is 50.2 Å². The average Bonchev–Trinajstić information content (AvgIpc) is 3.12. The standard InChI is InChI=1S/C18H24N4O.ClH/c1-15-4-6-16(7-5-15)14-21(2)17(23)18(8-11-19-12-9-18)22-13-3-10-20-22;/h3-7,10,13,19H,8-9,11-12,14H2,1-2H3;1H. The van der Waals surface area contributed by atoms with Crippen LogP contribution in [0.3, 0.4) is 0 Å². The van der Waals surface area contributed by atoms with Crippen LogP contribution in [0, 0.1) is 6.92 Å². The van der Waals surface area contributed by atoms with Crippen LogP contribution in [0.4, 0.5) is 0 Å². The summed E-state index contributed by atoms with van der Waals surface area (Å²) in [7, 11) is 1.88. The molecule has 0 bridgehead atoms. The van der Waals surface area contributed by atoms with Crippen LogP contribution in [0.5, 0.6) is 0 Å². The highest BCUT2D eigenvalue weighted by molar-refractivity contribution is 5.85. The van der Waals surface area contributed by atoms with Crippen LogP contribution in [0.25, 0.3) is 0 Å². The molecule has 2 heterocycles. The lowest BCUT2D eigenvalue weighted by Gasteiger charge is -2.39. The molecule has 0 unspecified atom stereocenters. The summed E-state index contributed by atoms with van der Waals surface area (Å²) >= 11 is 0. The van der Waals surface area contributed by atoms with Crippen LogP contribution < -0.4 is 5.32 Å². The number of nitrogens with zero attached hydrogens (tertiary/aromatic N) is 3. The van der Waals surface area contributed by atoms with Gasteiger partial charge >= 0.3 is 0 Å². The maximum absolute atomic E-state index is 13.2. The second kappa shape index (κ2) is 7.81. The SMILES string of the molecule is Cc1ccc(CN(C)C(=O)C2(n3cccn3)CCNCC2)cc1.Cl. The molecule has 1 N–H and O–H groups in total. The lowest BCUT2D eigenvalue weighted by molar-refractivity contribution is -0.142. The van der Waals surface area contributed by atoms with Crippen molar-refractivity contribution in [2.45, 2.75) is 31.8 Å². The molecule has 5 nitrogen and oxygen atoms in total. The molecular formula is C18H25ClN4O. The molecule has 0 radical (unpaired) electrons. The fourth-order valence-corrected chi connectivity index (χ4v) is 3.30. The first-order valence-electron chi connectivity index (χ1n) is 8.14. The summed E-state index contributed by atoms with van der Waals surface area (Å²) in [6.07, 6.45) is 5.19. The zero-order valence-electron chi connectivity index (χ0n) is 14.2. The van der Waals surface area contributed by atoms with Crippen LogP contribution in [0.15, 0.2) is 42.7 Å². The van der Waals surface area contributed by atoms with Gasteiger partial charge in [0.1, 0.15) is 5.54 Å². The number of likely N-dealkylation sites (N-methyl/N-ethyl adjacent to an activating group) is 1. The molecule has 0 saturated carbocycles. The Hall–Kier alpha value is -1.85. The number of carbonyl (C=O) groups excluding carboxylic acids is 1. The number of piperidine rings is 1. The minimum atomic E-state index is -0.561. The van der Waals surface area contributed by atoms with Crippen molar-refractivity contribution in [3.8, 4) is 0 Å². The molecule has 1 aliphatic heterocycles. The number of amides is 1. The number of nitrogens with one attached hydrogen (secondary N) is 1. The van der Waals surface area contributed by atoms with Crippen molar-refractivity contribution in [1.82, 2.24) is 20.0 Å². The van der Waals surface area contributed by atoms with Gasteiger partial charge in [-0.1, -0.05) is 29.8 Å². The number of benzene rings is 1. The molecule has 0 atom stereocenters. The lowest BCUT2D eigenvalue weighted by Crippen LogP contribution is -2.54. The van der Waals surface area contributed by atoms with Gasteiger partial charge in [-0.3, -0.25) is 9.48 Å². The van der Waals surface area contributed by atoms with E-state index in [1.807, 2.05) is 28.9 Å². The molecule has 0 aliphatic carbocycles. The van der Waals surface area contributed by atoms with Crippen molar-refractivity contribution in [3.63, 3.8) is 0 Å². The highest BCUT2D eigenvalue weighted by Crippen LogP contribution is 2.29. The van der Waals surface area contributed by atoms with Gasteiger partial charge in [0, 0.05) is 26.0 Å². The summed E-state index contributed by atoms with van der Waals surface area (Å²) in [6.45, 7) is 4.36. The van der Waals surface area contributed by atoms with Crippen molar-refractivity contribution >= 4 is 18.3 Å². The molecule has 1 saturated heterocycles. The van der Waals surface area contributed by atoms with Gasteiger partial charge in [0.25, 0.3) is 5.91 Å². The van der Waals surface area contributed by atoms with Gasteiger partial charge in [0.05, 0.1) is 0 Å². The van der Waals surface area contributed by atoms with E-state index >= 15 is 0 Å². The Morgan fingerprint density at radius 1 is 1.29 bits per heavy atom. The zero-order chi connectivity index (χ0) is 16.3. The zero-order valence-corrected chi connectivity index (χ0v) is 15.1. The van der Waals surface area contributed by atoms with Crippen LogP contribution in [-0.2, 0) is 16.9 Å². The third-order valence-corrected chi connectivity index (χ3v) is 4.66. The van der Waals surface area contributed by atoms with Crippen molar-refractivity contribution in [2.24, 2.45) is 0 Å². The van der Waals surface area contributed by atoms with Gasteiger partial charge in [-0.15, -0.1) is 12.4 Å². The van der Waals surface area contributed by atoms with E-state index in [-0.39, 0.29) is 18.3 Å². The van der Waals surface area contributed by atoms with Crippen molar-refractivity contribution in [1.29, 1.82) is 0 Å². The molecular weight excluding hydrogens is 324 g/mol. The largest absolute Gasteiger partial charge is 0.339 e. The van der Waals surface area contributed by atoms with Crippen LogP contribution in [0.2, 0.25) is 0 Å². The summed E-state index contributed by atoms with van der Waals surface area (Å²) in [5, 5.41) is 7.71. The first-order chi connectivity index (χ1) is 11.1. The van der Waals surface area contributed by atoms with Gasteiger partial charge < -0.3 is 10.2 Å². The number of hydrogen-bond acceptors (Lipinski definition) is 3. The maximum atomic E-state index is 13.2. The molecule has 1 aromatic heterocycles. The monoisotopic (exact) mass is 348 g/mol. The minimum absolute atomic E-state index is 0. The normalized spacial score (nSPS) is 16.2. The summed E-state index contributed by atoms with van der Waals surface area (Å²) in [4.78, 5) is 15.1. The Morgan fingerprint density at radius 3 is 2.54 bits per heavy atom. The van der Waals surface area contributed by atoms with Gasteiger partial charge in [-0.25, -0.2) is 0 Å². The quantitative estimate of drug-likeness (QED) is 0.922. The predicted molar refractivity (Wildman–Crippen MR) is 97.2 cm³/mol. The first-order valence-corrected chi connectivity index (χ1v) is 8.14. The third-order valence-electron chi connectivity index (χ3n) is 4.66. The van der Waals surface area contributed by atoms with E-state index in [9.17, 15) is 4.79 Å². The molecule has 1 aromatic carbocycles. The van der Waals surface area contributed by atoms with Crippen molar-refractivity contribution in [3.05, 3.63) is 53.9 Å². The van der Waals surface area contributed by atoms with Gasteiger partial charge in [0.2, 0.25) is 0 Å². The Balaban J connectivity index is 0.00000208. The van der Waals surface area contributed by atoms with E-state index in [1.54, 1.807) is 6.20 Å². The smallest absolute Gasteiger partial charge is 0.250 e. The number of hydrogen-bond donors (Lipinski definition) is 1. The molecule has 0 spiro atoms. The maximum Gasteiger partial charge on any atom is 0.250 e. The fourth-order valence-electron chi connectivity index (χ4n) is 3.30. The third kappa shape index (κ3) is 3.62. The summed E-state index contributed by atoms with van der Waals surface area (Å²) in [5.74, 6) is 0.142. The Labute approximate surface area is 149 Å². The first kappa shape index (κ1) is 18.5. The van der Waals surface area contributed by atoms with Crippen molar-refractivity contribution in [2.75, 3.05) is 20.1 Å². The number of aryl methyl sites for hydroxylation is 1. The molecule has 130 valence electrons. The Kier molecular flexibility index (Phi) is 6.02. The number of carbonyl (C=O) groups is 1. The second-order valence-electron chi connectivity index (χ2n) is 6.38. The summed E-state index contributed by atoms with van der Waals surface area (Å²) in [6, 6.07) is 10.2. The predicted octanol–water partition coefficient (Wildman–Crippen LogP) is 2.35. The number of rotatable bonds is 4. The molecule has 24 heavy (non-hydrogen) atoms. The van der Waals surface area contributed by atoms with Gasteiger partial charge in [-0.2, -0.15) is 5.10 Å². The molecule has 2 aromatic rings. The highest BCUT2D eigenvalue weighted by atomic mass is 35.5. The highest BCUT2D eigenvalue weighted by Gasteiger charge is 2.43. The summed E-state index contributed by atoms with van der Waals surface area (Å²) in [5.41, 5.74) is 1.82. The molecule has 6 heteroatoms. The summed E-state index contributed by atoms with van der Waals surface area (Å²) < 4.78 is 1.85. The molecule has 1 fully saturated rings. The van der Waals surface area contributed by atoms with E-state index < -0.39 is 5.54 Å². The van der Waals surface area contributed by atoms with E-state index in [0.29, 0.717) is 6.54 Å². The average molecular weight is 349 g/mol. The Bertz CT molecular complexity index is 648. The molecule has 1 aliphatic rings. The van der Waals surface area contributed by atoms with E-state index in [2.05, 4.69) is 41.6 Å². The van der Waals surface area contributed by atoms with Crippen LogP contribution >= 0.6 is 12.4 Å². The van der Waals surface area contributed by atoms with Crippen LogP contribution in [-0.4, -0.2) is 40.7 Å². The lowest BCUT2D eigenvalue weighted by atomic mass is 9.86. The van der Waals surface area contributed by atoms with E-state index in [4.69, 9.17) is 0 Å². The van der Waals surface area contributed by atoms with Crippen molar-refractivity contribution < 1.29 is 4.79 Å². The van der Waals surface area contributed by atoms with E-state index in [1.165, 1.54) is 5.56 Å². The fraction of sp³-hybridized carbons (Fsp3) is 0.444. The molecule has 1 amide bonds.